The predicted molar refractivity (Wildman–Crippen MR) is 97.2 cm³/mol. The van der Waals surface area contributed by atoms with Gasteiger partial charge in [-0.15, -0.1) is 11.3 Å². The largest absolute Gasteiger partial charge is 0.502 e. The molecule has 2 aromatic heterocycles. The van der Waals surface area contributed by atoms with Crippen LogP contribution in [-0.2, 0) is 23.1 Å². The molecule has 0 bridgehead atoms. The monoisotopic (exact) mass is 352 g/mol. The molecule has 3 aromatic rings. The lowest BCUT2D eigenvalue weighted by molar-refractivity contribution is -0.138. The third kappa shape index (κ3) is 2.46. The van der Waals surface area contributed by atoms with Crippen LogP contribution < -0.4 is 0 Å². The second-order valence-electron chi connectivity index (χ2n) is 6.00. The van der Waals surface area contributed by atoms with E-state index in [0.29, 0.717) is 11.3 Å². The van der Waals surface area contributed by atoms with Crippen LogP contribution in [0.2, 0.25) is 0 Å². The number of fused-ring (bicyclic) bond motifs is 1. The fourth-order valence-corrected chi connectivity index (χ4v) is 4.03. The number of carbonyl (C=O) groups is 2. The molecule has 0 radical (unpaired) electrons. The molecule has 5 nitrogen and oxygen atoms in total. The number of para-hydroxylation sites is 1. The number of carbonyl (C=O) groups excluding carboxylic acids is 2. The smallest absolute Gasteiger partial charge is 0.296 e. The summed E-state index contributed by atoms with van der Waals surface area (Å²) < 4.78 is 2.03. The van der Waals surface area contributed by atoms with E-state index in [-0.39, 0.29) is 12.1 Å². The van der Waals surface area contributed by atoms with E-state index in [0.717, 1.165) is 21.4 Å². The summed E-state index contributed by atoms with van der Waals surface area (Å²) in [5.41, 5.74) is 2.29. The Morgan fingerprint density at radius 3 is 2.64 bits per heavy atom. The number of aromatic nitrogens is 1. The number of amides is 2. The maximum Gasteiger partial charge on any atom is 0.296 e. The highest BCUT2D eigenvalue weighted by molar-refractivity contribution is 7.11. The number of aryl methyl sites for hydroxylation is 1. The predicted octanol–water partition coefficient (Wildman–Crippen LogP) is 3.12. The van der Waals surface area contributed by atoms with Crippen molar-refractivity contribution < 1.29 is 14.7 Å². The molecule has 6 heteroatoms. The van der Waals surface area contributed by atoms with E-state index in [1.807, 2.05) is 47.5 Å². The van der Waals surface area contributed by atoms with Gasteiger partial charge in [0.15, 0.2) is 5.76 Å². The Bertz CT molecular complexity index is 1010. The highest BCUT2D eigenvalue weighted by Crippen LogP contribution is 2.31. The number of hydrogen-bond donors (Lipinski definition) is 1. The Balaban J connectivity index is 1.58. The molecule has 1 aromatic carbocycles. The molecule has 25 heavy (non-hydrogen) atoms. The number of aliphatic hydroxyl groups excluding tert-OH is 1. The zero-order valence-corrected chi connectivity index (χ0v) is 14.4. The van der Waals surface area contributed by atoms with Gasteiger partial charge in [-0.25, -0.2) is 0 Å². The molecular weight excluding hydrogens is 336 g/mol. The van der Waals surface area contributed by atoms with Gasteiger partial charge >= 0.3 is 0 Å². The summed E-state index contributed by atoms with van der Waals surface area (Å²) in [6.07, 6.45) is 2.56. The van der Waals surface area contributed by atoms with Crippen molar-refractivity contribution in [2.75, 3.05) is 6.54 Å². The molecule has 0 atom stereocenters. The SMILES string of the molecule is Cn1cc(CCN2C(=O)C(O)=C(c3cccs3)C2=O)c2ccccc21. The van der Waals surface area contributed by atoms with Crippen molar-refractivity contribution in [1.82, 2.24) is 9.47 Å². The summed E-state index contributed by atoms with van der Waals surface area (Å²) in [5, 5.41) is 13.0. The average molecular weight is 352 g/mol. The number of hydrogen-bond acceptors (Lipinski definition) is 4. The van der Waals surface area contributed by atoms with Crippen LogP contribution in [0.3, 0.4) is 0 Å². The van der Waals surface area contributed by atoms with E-state index in [1.165, 1.54) is 11.3 Å². The molecule has 0 fully saturated rings. The summed E-state index contributed by atoms with van der Waals surface area (Å²) >= 11 is 1.33. The van der Waals surface area contributed by atoms with Crippen molar-refractivity contribution in [2.45, 2.75) is 6.42 Å². The summed E-state index contributed by atoms with van der Waals surface area (Å²) in [6.45, 7) is 0.241. The summed E-state index contributed by atoms with van der Waals surface area (Å²) in [7, 11) is 1.97. The molecule has 2 amide bonds. The lowest BCUT2D eigenvalue weighted by Gasteiger charge is -2.13. The minimum atomic E-state index is -0.617. The number of thiophene rings is 1. The zero-order chi connectivity index (χ0) is 17.6. The van der Waals surface area contributed by atoms with Gasteiger partial charge in [-0.1, -0.05) is 24.3 Å². The minimum Gasteiger partial charge on any atom is -0.502 e. The molecule has 0 aliphatic carbocycles. The molecule has 1 aliphatic rings. The first-order valence-corrected chi connectivity index (χ1v) is 8.82. The van der Waals surface area contributed by atoms with Gasteiger partial charge in [0, 0.05) is 35.6 Å². The fourth-order valence-electron chi connectivity index (χ4n) is 3.27. The Morgan fingerprint density at radius 1 is 1.08 bits per heavy atom. The van der Waals surface area contributed by atoms with Crippen molar-refractivity contribution in [3.05, 3.63) is 64.2 Å². The first kappa shape index (κ1) is 15.7. The van der Waals surface area contributed by atoms with E-state index in [4.69, 9.17) is 0 Å². The van der Waals surface area contributed by atoms with E-state index in [9.17, 15) is 14.7 Å². The van der Waals surface area contributed by atoms with Crippen LogP contribution in [0, 0.1) is 0 Å². The van der Waals surface area contributed by atoms with Gasteiger partial charge < -0.3 is 9.67 Å². The highest BCUT2D eigenvalue weighted by atomic mass is 32.1. The third-order valence-corrected chi connectivity index (χ3v) is 5.38. The average Bonchev–Trinajstić information content (AvgIpc) is 3.28. The zero-order valence-electron chi connectivity index (χ0n) is 13.6. The van der Waals surface area contributed by atoms with Gasteiger partial charge in [0.2, 0.25) is 0 Å². The topological polar surface area (TPSA) is 62.5 Å². The molecule has 4 rings (SSSR count). The van der Waals surface area contributed by atoms with Crippen molar-refractivity contribution in [3.8, 4) is 0 Å². The van der Waals surface area contributed by atoms with Crippen molar-refractivity contribution >= 4 is 39.6 Å². The van der Waals surface area contributed by atoms with Gasteiger partial charge in [0.1, 0.15) is 5.57 Å². The van der Waals surface area contributed by atoms with Crippen LogP contribution in [0.4, 0.5) is 0 Å². The van der Waals surface area contributed by atoms with Gasteiger partial charge in [-0.05, 0) is 29.5 Å². The van der Waals surface area contributed by atoms with E-state index < -0.39 is 17.6 Å². The first-order chi connectivity index (χ1) is 12.1. The van der Waals surface area contributed by atoms with Crippen LogP contribution >= 0.6 is 11.3 Å². The van der Waals surface area contributed by atoms with Crippen molar-refractivity contribution in [3.63, 3.8) is 0 Å². The quantitative estimate of drug-likeness (QED) is 0.734. The summed E-state index contributed by atoms with van der Waals surface area (Å²) in [4.78, 5) is 26.7. The minimum absolute atomic E-state index is 0.109. The van der Waals surface area contributed by atoms with Gasteiger partial charge in [0.25, 0.3) is 11.8 Å². The Hall–Kier alpha value is -2.86. The lowest BCUT2D eigenvalue weighted by atomic mass is 10.1. The standard InChI is InChI=1S/C19H16N2O3S/c1-20-11-12(13-5-2-3-6-14(13)20)8-9-21-18(23)16(17(22)19(21)24)15-7-4-10-25-15/h2-7,10-11,22H,8-9H2,1H3. The van der Waals surface area contributed by atoms with Gasteiger partial charge in [0.05, 0.1) is 0 Å². The first-order valence-electron chi connectivity index (χ1n) is 7.94. The maximum absolute atomic E-state index is 12.6. The van der Waals surface area contributed by atoms with E-state index in [2.05, 4.69) is 0 Å². The second kappa shape index (κ2) is 5.89. The van der Waals surface area contributed by atoms with Crippen LogP contribution in [0.1, 0.15) is 10.4 Å². The number of aliphatic hydroxyl groups is 1. The highest BCUT2D eigenvalue weighted by Gasteiger charge is 2.39. The van der Waals surface area contributed by atoms with Gasteiger partial charge in [-0.3, -0.25) is 14.5 Å². The van der Waals surface area contributed by atoms with Crippen LogP contribution in [-0.4, -0.2) is 32.9 Å². The molecule has 1 N–H and O–H groups in total. The van der Waals surface area contributed by atoms with Crippen molar-refractivity contribution in [2.24, 2.45) is 7.05 Å². The maximum atomic E-state index is 12.6. The lowest BCUT2D eigenvalue weighted by Crippen LogP contribution is -2.33. The third-order valence-electron chi connectivity index (χ3n) is 4.50. The number of nitrogens with zero attached hydrogens (tertiary/aromatic N) is 2. The molecule has 0 saturated heterocycles. The van der Waals surface area contributed by atoms with Crippen LogP contribution in [0.5, 0.6) is 0 Å². The fraction of sp³-hybridized carbons (Fsp3) is 0.158. The van der Waals surface area contributed by atoms with Crippen LogP contribution in [0.15, 0.2) is 53.7 Å². The molecule has 3 heterocycles. The van der Waals surface area contributed by atoms with E-state index in [1.54, 1.807) is 12.1 Å². The summed E-state index contributed by atoms with van der Waals surface area (Å²) in [6, 6.07) is 11.5. The molecule has 0 unspecified atom stereocenters. The molecule has 0 saturated carbocycles. The molecular formula is C19H16N2O3S. The van der Waals surface area contributed by atoms with Crippen molar-refractivity contribution in [1.29, 1.82) is 0 Å². The number of rotatable bonds is 4. The Labute approximate surface area is 148 Å². The Kier molecular flexibility index (Phi) is 3.69. The Morgan fingerprint density at radius 2 is 1.88 bits per heavy atom. The summed E-state index contributed by atoms with van der Waals surface area (Å²) in [5.74, 6) is -1.50. The van der Waals surface area contributed by atoms with Gasteiger partial charge in [-0.2, -0.15) is 0 Å². The van der Waals surface area contributed by atoms with E-state index >= 15 is 0 Å². The van der Waals surface area contributed by atoms with Crippen LogP contribution in [0.25, 0.3) is 16.5 Å². The molecule has 0 spiro atoms. The normalized spacial score (nSPS) is 15.0. The second-order valence-corrected chi connectivity index (χ2v) is 6.94. The molecule has 1 aliphatic heterocycles. The molecule has 126 valence electrons. The number of imide groups is 1. The number of benzene rings is 1.